The molecular weight excluding hydrogens is 498 g/mol. The van der Waals surface area contributed by atoms with E-state index >= 15 is 0 Å². The third kappa shape index (κ3) is 6.07. The fraction of sp³-hybridized carbons (Fsp3) is 0.308. The largest absolute Gasteiger partial charge is 0.383 e. The van der Waals surface area contributed by atoms with Crippen molar-refractivity contribution in [3.05, 3.63) is 82.1 Å². The second-order valence-corrected chi connectivity index (χ2v) is 9.53. The van der Waals surface area contributed by atoms with Gasteiger partial charge in [-0.1, -0.05) is 18.2 Å². The van der Waals surface area contributed by atoms with Crippen LogP contribution < -0.4 is 10.5 Å². The van der Waals surface area contributed by atoms with Crippen molar-refractivity contribution in [2.24, 2.45) is 0 Å². The van der Waals surface area contributed by atoms with Crippen molar-refractivity contribution in [3.63, 3.8) is 0 Å². The quantitative estimate of drug-likeness (QED) is 0.349. The SMILES string of the molecule is COCCN1CCN(c2nc(-c3cccc(Cn4nc(-c5cc(F)cc(F)c5)ccc4=O)c3)ns2)CC1. The molecule has 1 aliphatic heterocycles. The Morgan fingerprint density at radius 2 is 1.76 bits per heavy atom. The molecule has 5 rings (SSSR count). The lowest BCUT2D eigenvalue weighted by Crippen LogP contribution is -2.47. The number of ether oxygens (including phenoxy) is 1. The molecule has 4 aromatic rings. The summed E-state index contributed by atoms with van der Waals surface area (Å²) in [5, 5.41) is 5.22. The highest BCUT2D eigenvalue weighted by molar-refractivity contribution is 7.09. The Labute approximate surface area is 216 Å². The first kappa shape index (κ1) is 25.1. The van der Waals surface area contributed by atoms with Crippen LogP contribution in [0.15, 0.2) is 59.4 Å². The predicted molar refractivity (Wildman–Crippen MR) is 139 cm³/mol. The number of aromatic nitrogens is 4. The Bertz CT molecular complexity index is 1410. The van der Waals surface area contributed by atoms with Crippen LogP contribution in [-0.2, 0) is 11.3 Å². The van der Waals surface area contributed by atoms with Gasteiger partial charge in [0.05, 0.1) is 18.8 Å². The van der Waals surface area contributed by atoms with Gasteiger partial charge < -0.3 is 9.64 Å². The molecule has 11 heteroatoms. The first-order chi connectivity index (χ1) is 18.0. The van der Waals surface area contributed by atoms with E-state index in [2.05, 4.69) is 19.3 Å². The van der Waals surface area contributed by atoms with E-state index in [9.17, 15) is 13.6 Å². The number of halogens is 2. The second-order valence-electron chi connectivity index (χ2n) is 8.80. The van der Waals surface area contributed by atoms with Gasteiger partial charge in [0.25, 0.3) is 5.56 Å². The topological polar surface area (TPSA) is 76.4 Å². The average molecular weight is 525 g/mol. The summed E-state index contributed by atoms with van der Waals surface area (Å²) in [5.41, 5.74) is 1.93. The van der Waals surface area contributed by atoms with E-state index in [1.165, 1.54) is 40.5 Å². The van der Waals surface area contributed by atoms with Gasteiger partial charge >= 0.3 is 0 Å². The fourth-order valence-electron chi connectivity index (χ4n) is 4.24. The molecule has 2 aromatic carbocycles. The minimum Gasteiger partial charge on any atom is -0.383 e. The molecular formula is C26H26F2N6O2S. The number of methoxy groups -OCH3 is 1. The summed E-state index contributed by atoms with van der Waals surface area (Å²) in [6.07, 6.45) is 0. The molecule has 192 valence electrons. The van der Waals surface area contributed by atoms with E-state index < -0.39 is 11.6 Å². The van der Waals surface area contributed by atoms with E-state index in [1.54, 1.807) is 7.11 Å². The number of rotatable bonds is 8. The molecule has 0 bridgehead atoms. The van der Waals surface area contributed by atoms with Crippen molar-refractivity contribution in [3.8, 4) is 22.6 Å². The van der Waals surface area contributed by atoms with Crippen LogP contribution >= 0.6 is 11.5 Å². The highest BCUT2D eigenvalue weighted by atomic mass is 32.1. The van der Waals surface area contributed by atoms with Crippen LogP contribution in [0.25, 0.3) is 22.6 Å². The third-order valence-electron chi connectivity index (χ3n) is 6.21. The van der Waals surface area contributed by atoms with Gasteiger partial charge in [-0.2, -0.15) is 14.5 Å². The van der Waals surface area contributed by atoms with Crippen molar-refractivity contribution in [1.29, 1.82) is 0 Å². The maximum atomic E-state index is 13.7. The molecule has 2 aromatic heterocycles. The smallest absolute Gasteiger partial charge is 0.267 e. The Morgan fingerprint density at radius 1 is 0.973 bits per heavy atom. The minimum atomic E-state index is -0.703. The standard InChI is InChI=1S/C26H26F2N6O2S/c1-36-12-11-32-7-9-33(10-8-32)26-29-25(31-37-26)19-4-2-3-18(13-19)17-34-24(35)6-5-23(30-34)20-14-21(27)16-22(28)15-20/h2-6,13-16H,7-12,17H2,1H3. The molecule has 1 aliphatic rings. The number of anilines is 1. The summed E-state index contributed by atoms with van der Waals surface area (Å²) in [6, 6.07) is 13.6. The maximum Gasteiger partial charge on any atom is 0.267 e. The van der Waals surface area contributed by atoms with Crippen molar-refractivity contribution in [2.75, 3.05) is 51.3 Å². The molecule has 0 amide bonds. The Hall–Kier alpha value is -3.54. The highest BCUT2D eigenvalue weighted by Crippen LogP contribution is 2.26. The Balaban J connectivity index is 1.31. The van der Waals surface area contributed by atoms with Gasteiger partial charge in [0.2, 0.25) is 5.13 Å². The van der Waals surface area contributed by atoms with Crippen LogP contribution in [-0.4, -0.2) is 70.5 Å². The molecule has 0 radical (unpaired) electrons. The fourth-order valence-corrected chi connectivity index (χ4v) is 4.98. The molecule has 0 N–H and O–H groups in total. The van der Waals surface area contributed by atoms with Gasteiger partial charge in [-0.05, 0) is 29.8 Å². The summed E-state index contributed by atoms with van der Waals surface area (Å²) in [4.78, 5) is 21.9. The third-order valence-corrected chi connectivity index (χ3v) is 6.99. The first-order valence-electron chi connectivity index (χ1n) is 11.9. The van der Waals surface area contributed by atoms with Crippen molar-refractivity contribution >= 4 is 16.7 Å². The van der Waals surface area contributed by atoms with Crippen LogP contribution in [0.3, 0.4) is 0 Å². The predicted octanol–water partition coefficient (Wildman–Crippen LogP) is 3.52. The first-order valence-corrected chi connectivity index (χ1v) is 12.7. The zero-order chi connectivity index (χ0) is 25.8. The molecule has 1 saturated heterocycles. The summed E-state index contributed by atoms with van der Waals surface area (Å²) in [5.74, 6) is -0.774. The molecule has 3 heterocycles. The zero-order valence-corrected chi connectivity index (χ0v) is 21.1. The molecule has 0 unspecified atom stereocenters. The van der Waals surface area contributed by atoms with Crippen LogP contribution in [0.4, 0.5) is 13.9 Å². The molecule has 0 saturated carbocycles. The molecule has 1 fully saturated rings. The van der Waals surface area contributed by atoms with Crippen LogP contribution in [0.1, 0.15) is 5.56 Å². The van der Waals surface area contributed by atoms with Gasteiger partial charge in [0.1, 0.15) is 11.6 Å². The lowest BCUT2D eigenvalue weighted by Gasteiger charge is -2.34. The lowest BCUT2D eigenvalue weighted by molar-refractivity contribution is 0.144. The van der Waals surface area contributed by atoms with Crippen molar-refractivity contribution in [1.82, 2.24) is 24.0 Å². The van der Waals surface area contributed by atoms with Crippen molar-refractivity contribution < 1.29 is 13.5 Å². The van der Waals surface area contributed by atoms with Crippen LogP contribution in [0.2, 0.25) is 0 Å². The number of hydrogen-bond acceptors (Lipinski definition) is 8. The molecule has 8 nitrogen and oxygen atoms in total. The van der Waals surface area contributed by atoms with E-state index in [1.807, 2.05) is 24.3 Å². The van der Waals surface area contributed by atoms with Crippen LogP contribution in [0.5, 0.6) is 0 Å². The van der Waals surface area contributed by atoms with Gasteiger partial charge in [-0.15, -0.1) is 0 Å². The van der Waals surface area contributed by atoms with Gasteiger partial charge in [0, 0.05) is 74.6 Å². The second kappa shape index (κ2) is 11.2. The maximum absolute atomic E-state index is 13.7. The summed E-state index contributed by atoms with van der Waals surface area (Å²) in [6.45, 7) is 5.54. The average Bonchev–Trinajstić information content (AvgIpc) is 3.39. The summed E-state index contributed by atoms with van der Waals surface area (Å²) in [7, 11) is 1.72. The van der Waals surface area contributed by atoms with Crippen LogP contribution in [0, 0.1) is 11.6 Å². The number of nitrogens with zero attached hydrogens (tertiary/aromatic N) is 6. The Morgan fingerprint density at radius 3 is 2.51 bits per heavy atom. The molecule has 0 spiro atoms. The van der Waals surface area contributed by atoms with E-state index in [0.29, 0.717) is 11.5 Å². The molecule has 0 atom stereocenters. The highest BCUT2D eigenvalue weighted by Gasteiger charge is 2.20. The minimum absolute atomic E-state index is 0.193. The monoisotopic (exact) mass is 524 g/mol. The lowest BCUT2D eigenvalue weighted by atomic mass is 10.1. The Kier molecular flexibility index (Phi) is 7.63. The molecule has 0 aliphatic carbocycles. The number of piperazine rings is 1. The van der Waals surface area contributed by atoms with Gasteiger partial charge in [-0.3, -0.25) is 9.69 Å². The molecule has 37 heavy (non-hydrogen) atoms. The van der Waals surface area contributed by atoms with E-state index in [0.717, 1.165) is 61.7 Å². The summed E-state index contributed by atoms with van der Waals surface area (Å²) >= 11 is 1.38. The normalized spacial score (nSPS) is 14.3. The summed E-state index contributed by atoms with van der Waals surface area (Å²) < 4.78 is 38.4. The van der Waals surface area contributed by atoms with Gasteiger partial charge in [-0.25, -0.2) is 13.5 Å². The number of hydrogen-bond donors (Lipinski definition) is 0. The zero-order valence-electron chi connectivity index (χ0n) is 20.3. The van der Waals surface area contributed by atoms with Crippen molar-refractivity contribution in [2.45, 2.75) is 6.54 Å². The van der Waals surface area contributed by atoms with Gasteiger partial charge in [0.15, 0.2) is 5.82 Å². The van der Waals surface area contributed by atoms with E-state index in [-0.39, 0.29) is 17.7 Å². The number of benzene rings is 2. The van der Waals surface area contributed by atoms with E-state index in [4.69, 9.17) is 9.72 Å².